The van der Waals surface area contributed by atoms with Crippen molar-refractivity contribution in [3.63, 3.8) is 0 Å². The van der Waals surface area contributed by atoms with E-state index in [4.69, 9.17) is 0 Å². The van der Waals surface area contributed by atoms with E-state index in [1.54, 1.807) is 0 Å². The average Bonchev–Trinajstić information content (AvgIpc) is 3.26. The Morgan fingerprint density at radius 3 is 3.04 bits per heavy atom. The maximum absolute atomic E-state index is 12.6. The molecule has 1 aliphatic heterocycles. The van der Waals surface area contributed by atoms with E-state index in [1.165, 1.54) is 17.0 Å². The lowest BCUT2D eigenvalue weighted by Crippen LogP contribution is -2.40. The van der Waals surface area contributed by atoms with Gasteiger partial charge < -0.3 is 9.88 Å². The summed E-state index contributed by atoms with van der Waals surface area (Å²) in [6, 6.07) is 6.06. The number of rotatable bonds is 3. The van der Waals surface area contributed by atoms with Crippen molar-refractivity contribution in [1.29, 1.82) is 0 Å². The number of nitrogens with zero attached hydrogens (tertiary/aromatic N) is 4. The number of nitrogens with one attached hydrogen (secondary N) is 1. The lowest BCUT2D eigenvalue weighted by Gasteiger charge is -2.24. The van der Waals surface area contributed by atoms with E-state index in [1.807, 2.05) is 53.0 Å². The summed E-state index contributed by atoms with van der Waals surface area (Å²) in [6.45, 7) is 2.73. The van der Waals surface area contributed by atoms with Crippen LogP contribution in [-0.2, 0) is 13.0 Å². The van der Waals surface area contributed by atoms with Gasteiger partial charge in [-0.2, -0.15) is 5.10 Å². The zero-order chi connectivity index (χ0) is 15.8. The van der Waals surface area contributed by atoms with Crippen LogP contribution in [0.25, 0.3) is 5.13 Å². The predicted molar refractivity (Wildman–Crippen MR) is 88.0 cm³/mol. The van der Waals surface area contributed by atoms with Gasteiger partial charge in [-0.25, -0.2) is 4.98 Å². The Bertz CT molecular complexity index is 833. The third-order valence-corrected chi connectivity index (χ3v) is 5.27. The maximum atomic E-state index is 12.6. The highest BCUT2D eigenvalue weighted by atomic mass is 32.1. The molecule has 3 aromatic rings. The van der Waals surface area contributed by atoms with Crippen LogP contribution in [0.15, 0.2) is 36.8 Å². The smallest absolute Gasteiger partial charge is 0.263 e. The van der Waals surface area contributed by atoms with Gasteiger partial charge in [0, 0.05) is 43.3 Å². The normalized spacial score (nSPS) is 17.0. The molecule has 3 aromatic heterocycles. The highest BCUT2D eigenvalue weighted by molar-refractivity contribution is 7.16. The molecule has 1 atom stereocenters. The van der Waals surface area contributed by atoms with Gasteiger partial charge in [-0.15, -0.1) is 0 Å². The molecule has 0 saturated carbocycles. The number of carbonyl (C=O) groups excluding carboxylic acids is 1. The molecule has 0 saturated heterocycles. The fraction of sp³-hybridized carbons (Fsp3) is 0.312. The van der Waals surface area contributed by atoms with E-state index in [0.29, 0.717) is 4.88 Å². The minimum atomic E-state index is -0.0311. The highest BCUT2D eigenvalue weighted by Crippen LogP contribution is 2.22. The number of hydrogen-bond donors (Lipinski definition) is 1. The zero-order valence-corrected chi connectivity index (χ0v) is 13.6. The molecule has 0 fully saturated rings. The topological polar surface area (TPSA) is 64.7 Å². The molecule has 118 valence electrons. The summed E-state index contributed by atoms with van der Waals surface area (Å²) in [5, 5.41) is 8.23. The van der Waals surface area contributed by atoms with Gasteiger partial charge in [0.15, 0.2) is 5.13 Å². The van der Waals surface area contributed by atoms with Crippen molar-refractivity contribution < 1.29 is 4.79 Å². The Labute approximate surface area is 137 Å². The molecule has 0 aliphatic carbocycles. The van der Waals surface area contributed by atoms with E-state index < -0.39 is 0 Å². The molecule has 0 aromatic carbocycles. The molecular weight excluding hydrogens is 310 g/mol. The number of aromatic nitrogens is 4. The summed E-state index contributed by atoms with van der Waals surface area (Å²) in [5.41, 5.74) is 1.95. The van der Waals surface area contributed by atoms with Gasteiger partial charge in [0.2, 0.25) is 0 Å². The van der Waals surface area contributed by atoms with E-state index >= 15 is 0 Å². The summed E-state index contributed by atoms with van der Waals surface area (Å²) in [5.74, 6) is -0.0311. The predicted octanol–water partition coefficient (Wildman–Crippen LogP) is 2.18. The Balaban J connectivity index is 1.50. The van der Waals surface area contributed by atoms with E-state index in [-0.39, 0.29) is 11.9 Å². The Morgan fingerprint density at radius 2 is 2.22 bits per heavy atom. The van der Waals surface area contributed by atoms with E-state index in [2.05, 4.69) is 15.4 Å². The van der Waals surface area contributed by atoms with Crippen molar-refractivity contribution in [3.05, 3.63) is 53.1 Å². The van der Waals surface area contributed by atoms with Crippen molar-refractivity contribution in [3.8, 4) is 5.13 Å². The highest BCUT2D eigenvalue weighted by Gasteiger charge is 2.23. The number of amides is 1. The van der Waals surface area contributed by atoms with Crippen LogP contribution >= 0.6 is 11.3 Å². The maximum Gasteiger partial charge on any atom is 0.263 e. The molecule has 1 amide bonds. The molecule has 4 heterocycles. The fourth-order valence-electron chi connectivity index (χ4n) is 2.91. The molecule has 0 bridgehead atoms. The van der Waals surface area contributed by atoms with Gasteiger partial charge in [0.1, 0.15) is 4.88 Å². The quantitative estimate of drug-likeness (QED) is 0.802. The van der Waals surface area contributed by atoms with Crippen LogP contribution in [0.4, 0.5) is 0 Å². The van der Waals surface area contributed by atoms with Crippen molar-refractivity contribution in [2.24, 2.45) is 0 Å². The van der Waals surface area contributed by atoms with Crippen LogP contribution in [0.3, 0.4) is 0 Å². The van der Waals surface area contributed by atoms with Crippen LogP contribution in [0.1, 0.15) is 27.5 Å². The Kier molecular flexibility index (Phi) is 3.49. The summed E-state index contributed by atoms with van der Waals surface area (Å²) >= 11 is 1.42. The van der Waals surface area contributed by atoms with Gasteiger partial charge in [-0.1, -0.05) is 11.3 Å². The zero-order valence-electron chi connectivity index (χ0n) is 12.8. The van der Waals surface area contributed by atoms with Crippen molar-refractivity contribution in [2.75, 3.05) is 0 Å². The lowest BCUT2D eigenvalue weighted by molar-refractivity contribution is 0.0933. The van der Waals surface area contributed by atoms with Crippen LogP contribution in [0.2, 0.25) is 0 Å². The number of carbonyl (C=O) groups is 1. The molecule has 0 radical (unpaired) electrons. The first-order chi connectivity index (χ1) is 11.2. The minimum absolute atomic E-state index is 0.0311. The van der Waals surface area contributed by atoms with Gasteiger partial charge in [-0.3, -0.25) is 9.48 Å². The molecule has 23 heavy (non-hydrogen) atoms. The van der Waals surface area contributed by atoms with Crippen LogP contribution in [-0.4, -0.2) is 31.3 Å². The van der Waals surface area contributed by atoms with Crippen molar-refractivity contribution in [1.82, 2.24) is 24.6 Å². The third kappa shape index (κ3) is 2.68. The van der Waals surface area contributed by atoms with Gasteiger partial charge in [0.25, 0.3) is 5.91 Å². The molecular formula is C16H17N5OS. The van der Waals surface area contributed by atoms with Crippen molar-refractivity contribution in [2.45, 2.75) is 32.4 Å². The Hall–Kier alpha value is -2.41. The standard InChI is InChI=1S/C16H17N5OS/c1-11-14(23-16(18-11)20-7-2-3-8-20)15(22)19-12-5-9-21-13(10-12)4-6-17-21/h2-4,6-8,12H,5,9-10H2,1H3,(H,19,22). The molecule has 1 aliphatic rings. The Morgan fingerprint density at radius 1 is 1.39 bits per heavy atom. The lowest BCUT2D eigenvalue weighted by atomic mass is 10.0. The molecule has 1 N–H and O–H groups in total. The first kappa shape index (κ1) is 14.2. The summed E-state index contributed by atoms with van der Waals surface area (Å²) in [7, 11) is 0. The van der Waals surface area contributed by atoms with E-state index in [9.17, 15) is 4.79 Å². The number of fused-ring (bicyclic) bond motifs is 1. The average molecular weight is 327 g/mol. The largest absolute Gasteiger partial charge is 0.348 e. The summed E-state index contributed by atoms with van der Waals surface area (Å²) in [6.07, 6.45) is 7.41. The minimum Gasteiger partial charge on any atom is -0.348 e. The summed E-state index contributed by atoms with van der Waals surface area (Å²) in [4.78, 5) is 17.8. The second kappa shape index (κ2) is 5.66. The van der Waals surface area contributed by atoms with Gasteiger partial charge >= 0.3 is 0 Å². The first-order valence-corrected chi connectivity index (χ1v) is 8.44. The molecule has 4 rings (SSSR count). The van der Waals surface area contributed by atoms with Crippen LogP contribution < -0.4 is 5.32 Å². The molecule has 6 nitrogen and oxygen atoms in total. The van der Waals surface area contributed by atoms with Gasteiger partial charge in [0.05, 0.1) is 5.69 Å². The summed E-state index contributed by atoms with van der Waals surface area (Å²) < 4.78 is 3.93. The van der Waals surface area contributed by atoms with Crippen LogP contribution in [0.5, 0.6) is 0 Å². The third-order valence-electron chi connectivity index (χ3n) is 4.10. The van der Waals surface area contributed by atoms with E-state index in [0.717, 1.165) is 30.2 Å². The molecule has 1 unspecified atom stereocenters. The molecule has 0 spiro atoms. The monoisotopic (exact) mass is 327 g/mol. The fourth-order valence-corrected chi connectivity index (χ4v) is 3.84. The number of hydrogen-bond acceptors (Lipinski definition) is 4. The first-order valence-electron chi connectivity index (χ1n) is 7.63. The van der Waals surface area contributed by atoms with Crippen molar-refractivity contribution >= 4 is 17.2 Å². The second-order valence-corrected chi connectivity index (χ2v) is 6.69. The number of thiazole rings is 1. The SMILES string of the molecule is Cc1nc(-n2cccc2)sc1C(=O)NC1CCn2nccc2C1. The van der Waals surface area contributed by atoms with Gasteiger partial charge in [-0.05, 0) is 31.5 Å². The number of aryl methyl sites for hydroxylation is 2. The van der Waals surface area contributed by atoms with Crippen LogP contribution in [0, 0.1) is 6.92 Å². The molecule has 7 heteroatoms. The second-order valence-electron chi connectivity index (χ2n) is 5.71.